The molecule has 10 nitrogen and oxygen atoms in total. The monoisotopic (exact) mass is 433 g/mol. The van der Waals surface area contributed by atoms with Gasteiger partial charge in [0.2, 0.25) is 5.91 Å². The van der Waals surface area contributed by atoms with Crippen LogP contribution in [0.4, 0.5) is 4.79 Å². The fourth-order valence-corrected chi connectivity index (χ4v) is 4.32. The normalized spacial score (nSPS) is 23.2. The summed E-state index contributed by atoms with van der Waals surface area (Å²) >= 11 is 0. The van der Waals surface area contributed by atoms with Gasteiger partial charge in [-0.25, -0.2) is 9.59 Å². The number of methoxy groups -OCH3 is 1. The Morgan fingerprint density at radius 2 is 1.90 bits per heavy atom. The van der Waals surface area contributed by atoms with Crippen molar-refractivity contribution in [3.63, 3.8) is 0 Å². The number of nitrogens with zero attached hydrogens (tertiary/aromatic N) is 3. The first kappa shape index (κ1) is 22.6. The Kier molecular flexibility index (Phi) is 6.87. The number of ether oxygens (including phenoxy) is 1. The topological polar surface area (TPSA) is 113 Å². The van der Waals surface area contributed by atoms with E-state index in [9.17, 15) is 19.2 Å². The summed E-state index contributed by atoms with van der Waals surface area (Å²) in [5.41, 5.74) is 0.455. The summed E-state index contributed by atoms with van der Waals surface area (Å²) < 4.78 is 6.55. The van der Waals surface area contributed by atoms with E-state index in [0.717, 1.165) is 0 Å². The molecule has 3 atom stereocenters. The lowest BCUT2D eigenvalue weighted by Gasteiger charge is -2.30. The molecular weight excluding hydrogens is 402 g/mol. The molecule has 2 saturated heterocycles. The van der Waals surface area contributed by atoms with Crippen molar-refractivity contribution < 1.29 is 23.9 Å². The Labute approximate surface area is 181 Å². The van der Waals surface area contributed by atoms with Gasteiger partial charge in [-0.1, -0.05) is 0 Å². The van der Waals surface area contributed by atoms with Crippen LogP contribution in [-0.2, 0) is 21.4 Å². The van der Waals surface area contributed by atoms with Crippen molar-refractivity contribution in [1.29, 1.82) is 0 Å². The zero-order chi connectivity index (χ0) is 22.7. The van der Waals surface area contributed by atoms with Gasteiger partial charge in [0.05, 0.1) is 13.2 Å². The van der Waals surface area contributed by atoms with Crippen molar-refractivity contribution in [1.82, 2.24) is 25.0 Å². The van der Waals surface area contributed by atoms with Gasteiger partial charge in [-0.2, -0.15) is 0 Å². The Balaban J connectivity index is 1.82. The molecule has 10 heteroatoms. The summed E-state index contributed by atoms with van der Waals surface area (Å²) in [6, 6.07) is 1.30. The molecule has 1 aromatic heterocycles. The second-order valence-corrected chi connectivity index (χ2v) is 8.40. The van der Waals surface area contributed by atoms with Crippen molar-refractivity contribution in [3.8, 4) is 0 Å². The molecular formula is C21H31N5O5. The number of carbonyl (C=O) groups excluding carboxylic acids is 4. The molecule has 170 valence electrons. The van der Waals surface area contributed by atoms with E-state index in [1.165, 1.54) is 16.9 Å². The molecule has 1 aromatic rings. The molecule has 0 spiro atoms. The predicted molar refractivity (Wildman–Crippen MR) is 112 cm³/mol. The lowest BCUT2D eigenvalue weighted by Crippen LogP contribution is -2.51. The number of nitrogens with one attached hydrogen (secondary N) is 2. The number of hydrogen-bond donors (Lipinski definition) is 2. The van der Waals surface area contributed by atoms with Crippen molar-refractivity contribution >= 4 is 23.8 Å². The number of amides is 4. The van der Waals surface area contributed by atoms with Crippen LogP contribution in [0.25, 0.3) is 0 Å². The SMILES string of the molecule is COC(=O)[C@H]1CCCN1C(=O)[C@@H]1C[C@H](NC(=O)NC(C)C)CN1C(=O)c1cccn1C. The van der Waals surface area contributed by atoms with Gasteiger partial charge in [-0.3, -0.25) is 9.59 Å². The van der Waals surface area contributed by atoms with E-state index in [-0.39, 0.29) is 42.9 Å². The maximum Gasteiger partial charge on any atom is 0.328 e. The fourth-order valence-electron chi connectivity index (χ4n) is 4.32. The zero-order valence-corrected chi connectivity index (χ0v) is 18.5. The van der Waals surface area contributed by atoms with Crippen LogP contribution in [0.3, 0.4) is 0 Å². The summed E-state index contributed by atoms with van der Waals surface area (Å²) in [7, 11) is 3.07. The highest BCUT2D eigenvalue weighted by Crippen LogP contribution is 2.27. The minimum Gasteiger partial charge on any atom is -0.467 e. The number of urea groups is 1. The average Bonchev–Trinajstić information content (AvgIpc) is 3.45. The highest BCUT2D eigenvalue weighted by atomic mass is 16.5. The highest BCUT2D eigenvalue weighted by molar-refractivity contribution is 5.98. The molecule has 0 aromatic carbocycles. The van der Waals surface area contributed by atoms with Gasteiger partial charge in [0.15, 0.2) is 0 Å². The van der Waals surface area contributed by atoms with Gasteiger partial charge in [-0.15, -0.1) is 0 Å². The van der Waals surface area contributed by atoms with E-state index in [1.807, 2.05) is 13.8 Å². The van der Waals surface area contributed by atoms with Gasteiger partial charge >= 0.3 is 12.0 Å². The first-order valence-electron chi connectivity index (χ1n) is 10.6. The van der Waals surface area contributed by atoms with Crippen molar-refractivity contribution in [3.05, 3.63) is 24.0 Å². The molecule has 2 N–H and O–H groups in total. The molecule has 0 unspecified atom stereocenters. The van der Waals surface area contributed by atoms with Gasteiger partial charge in [-0.05, 0) is 45.2 Å². The van der Waals surface area contributed by atoms with Crippen LogP contribution in [0.1, 0.15) is 43.6 Å². The minimum absolute atomic E-state index is 0.0367. The lowest BCUT2D eigenvalue weighted by molar-refractivity contribution is -0.152. The summed E-state index contributed by atoms with van der Waals surface area (Å²) in [5.74, 6) is -1.02. The van der Waals surface area contributed by atoms with Crippen molar-refractivity contribution in [2.45, 2.75) is 57.3 Å². The summed E-state index contributed by atoms with van der Waals surface area (Å²) in [6.07, 6.45) is 3.28. The zero-order valence-electron chi connectivity index (χ0n) is 18.5. The Hall–Kier alpha value is -3.04. The number of aryl methyl sites for hydroxylation is 1. The van der Waals surface area contributed by atoms with Crippen LogP contribution in [0.15, 0.2) is 18.3 Å². The predicted octanol–water partition coefficient (Wildman–Crippen LogP) is 0.480. The molecule has 2 aliphatic rings. The van der Waals surface area contributed by atoms with Crippen molar-refractivity contribution in [2.24, 2.45) is 7.05 Å². The van der Waals surface area contributed by atoms with Crippen LogP contribution in [0.5, 0.6) is 0 Å². The highest BCUT2D eigenvalue weighted by Gasteiger charge is 2.46. The quantitative estimate of drug-likeness (QED) is 0.656. The summed E-state index contributed by atoms with van der Waals surface area (Å²) in [4.78, 5) is 54.0. The Morgan fingerprint density at radius 1 is 1.16 bits per heavy atom. The van der Waals surface area contributed by atoms with Gasteiger partial charge in [0, 0.05) is 32.4 Å². The van der Waals surface area contributed by atoms with Crippen molar-refractivity contribution in [2.75, 3.05) is 20.2 Å². The molecule has 2 aliphatic heterocycles. The summed E-state index contributed by atoms with van der Waals surface area (Å²) in [5, 5.41) is 5.63. The van der Waals surface area contributed by atoms with Gasteiger partial charge in [0.25, 0.3) is 5.91 Å². The van der Waals surface area contributed by atoms with E-state index in [1.54, 1.807) is 29.9 Å². The van der Waals surface area contributed by atoms with Gasteiger partial charge in [0.1, 0.15) is 17.8 Å². The molecule has 0 radical (unpaired) electrons. The van der Waals surface area contributed by atoms with E-state index in [4.69, 9.17) is 4.74 Å². The Morgan fingerprint density at radius 3 is 2.52 bits per heavy atom. The minimum atomic E-state index is -0.767. The maximum absolute atomic E-state index is 13.4. The number of aromatic nitrogens is 1. The average molecular weight is 434 g/mol. The standard InChI is InChI=1S/C21H31N5O5/c1-13(2)22-21(30)23-14-11-17(19(28)25-10-6-8-16(25)20(29)31-4)26(12-14)18(27)15-7-5-9-24(15)3/h5,7,9,13-14,16-17H,6,8,10-12H2,1-4H3,(H2,22,23,30)/t14-,16+,17-/m0/s1. The van der Waals surface area contributed by atoms with Crippen LogP contribution in [0.2, 0.25) is 0 Å². The lowest BCUT2D eigenvalue weighted by atomic mass is 10.1. The number of rotatable bonds is 5. The molecule has 0 aliphatic carbocycles. The third-order valence-electron chi connectivity index (χ3n) is 5.77. The summed E-state index contributed by atoms with van der Waals surface area (Å²) in [6.45, 7) is 4.36. The third-order valence-corrected chi connectivity index (χ3v) is 5.77. The van der Waals surface area contributed by atoms with Crippen LogP contribution in [-0.4, -0.2) is 82.5 Å². The molecule has 31 heavy (non-hydrogen) atoms. The van der Waals surface area contributed by atoms with E-state index in [2.05, 4.69) is 10.6 Å². The number of carbonyl (C=O) groups is 4. The van der Waals surface area contributed by atoms with E-state index in [0.29, 0.717) is 25.1 Å². The molecule has 4 amide bonds. The first-order chi connectivity index (χ1) is 14.7. The third kappa shape index (κ3) is 4.83. The van der Waals surface area contributed by atoms with Gasteiger partial charge < -0.3 is 29.7 Å². The number of esters is 1. The smallest absolute Gasteiger partial charge is 0.328 e. The molecule has 3 rings (SSSR count). The van der Waals surface area contributed by atoms with Crippen LogP contribution < -0.4 is 10.6 Å². The second kappa shape index (κ2) is 9.40. The van der Waals surface area contributed by atoms with E-state index < -0.39 is 18.1 Å². The molecule has 3 heterocycles. The number of likely N-dealkylation sites (tertiary alicyclic amines) is 2. The van der Waals surface area contributed by atoms with Crippen LogP contribution >= 0.6 is 0 Å². The fraction of sp³-hybridized carbons (Fsp3) is 0.619. The molecule has 2 fully saturated rings. The first-order valence-corrected chi connectivity index (χ1v) is 10.6. The Bertz CT molecular complexity index is 851. The molecule has 0 bridgehead atoms. The number of hydrogen-bond acceptors (Lipinski definition) is 5. The van der Waals surface area contributed by atoms with Crippen LogP contribution in [0, 0.1) is 0 Å². The maximum atomic E-state index is 13.4. The molecule has 0 saturated carbocycles. The van der Waals surface area contributed by atoms with E-state index >= 15 is 0 Å². The largest absolute Gasteiger partial charge is 0.467 e. The second-order valence-electron chi connectivity index (χ2n) is 8.40.